The van der Waals surface area contributed by atoms with Crippen LogP contribution in [0.2, 0.25) is 0 Å². The number of para-hydroxylation sites is 1. The lowest BCUT2D eigenvalue weighted by Crippen LogP contribution is -2.12. The number of ether oxygens (including phenoxy) is 1. The normalized spacial score (nSPS) is 10.6. The molecule has 1 heterocycles. The molecule has 20 heavy (non-hydrogen) atoms. The maximum absolute atomic E-state index is 11.4. The third-order valence-electron chi connectivity index (χ3n) is 2.78. The van der Waals surface area contributed by atoms with Crippen molar-refractivity contribution in [2.75, 3.05) is 5.73 Å². The molecule has 2 aromatic carbocycles. The molecule has 0 saturated heterocycles. The second kappa shape index (κ2) is 4.54. The lowest BCUT2D eigenvalue weighted by Gasteiger charge is -2.09. The first kappa shape index (κ1) is 12.0. The smallest absolute Gasteiger partial charge is 0.252 e. The number of amides is 1. The van der Waals surface area contributed by atoms with Crippen LogP contribution in [-0.4, -0.2) is 16.2 Å². The third-order valence-corrected chi connectivity index (χ3v) is 2.78. The fraction of sp³-hybridized carbons (Fsp3) is 0. The van der Waals surface area contributed by atoms with Gasteiger partial charge in [0, 0.05) is 0 Å². The topological polar surface area (TPSA) is 117 Å². The minimum Gasteiger partial charge on any atom is -0.454 e. The first-order valence-corrected chi connectivity index (χ1v) is 5.74. The van der Waals surface area contributed by atoms with Gasteiger partial charge >= 0.3 is 0 Å². The molecule has 1 aromatic heterocycles. The average molecular weight is 270 g/mol. The van der Waals surface area contributed by atoms with Crippen molar-refractivity contribution in [3.05, 3.63) is 42.0 Å². The van der Waals surface area contributed by atoms with Crippen molar-refractivity contribution in [3.8, 4) is 11.5 Å². The van der Waals surface area contributed by atoms with E-state index in [4.69, 9.17) is 16.2 Å². The van der Waals surface area contributed by atoms with Crippen LogP contribution in [0.15, 0.2) is 41.0 Å². The number of fused-ring (bicyclic) bond motifs is 1. The zero-order valence-corrected chi connectivity index (χ0v) is 10.2. The summed E-state index contributed by atoms with van der Waals surface area (Å²) in [5, 5.41) is 7.44. The fourth-order valence-corrected chi connectivity index (χ4v) is 1.82. The molecule has 0 atom stereocenters. The van der Waals surface area contributed by atoms with Crippen LogP contribution in [0.5, 0.6) is 11.5 Å². The number of carbonyl (C=O) groups is 1. The molecule has 3 rings (SSSR count). The zero-order valence-electron chi connectivity index (χ0n) is 10.2. The van der Waals surface area contributed by atoms with Crippen molar-refractivity contribution in [1.82, 2.24) is 10.3 Å². The molecule has 0 aliphatic carbocycles. The number of anilines is 1. The summed E-state index contributed by atoms with van der Waals surface area (Å²) in [6, 6.07) is 9.89. The van der Waals surface area contributed by atoms with Gasteiger partial charge in [0.2, 0.25) is 0 Å². The molecule has 1 amide bonds. The number of nitrogens with two attached hydrogens (primary N) is 2. The number of nitrogen functional groups attached to an aromatic ring is 1. The number of primary amides is 1. The summed E-state index contributed by atoms with van der Waals surface area (Å²) in [6.45, 7) is 0. The monoisotopic (exact) mass is 270 g/mol. The molecule has 7 heteroatoms. The summed E-state index contributed by atoms with van der Waals surface area (Å²) < 4.78 is 10.3. The van der Waals surface area contributed by atoms with Crippen LogP contribution >= 0.6 is 0 Å². The second-order valence-corrected chi connectivity index (χ2v) is 4.08. The van der Waals surface area contributed by atoms with E-state index in [1.54, 1.807) is 36.4 Å². The summed E-state index contributed by atoms with van der Waals surface area (Å²) in [5.41, 5.74) is 12.5. The van der Waals surface area contributed by atoms with Gasteiger partial charge in [-0.15, -0.1) is 0 Å². The highest BCUT2D eigenvalue weighted by Crippen LogP contribution is 2.32. The molecule has 0 aliphatic heterocycles. The number of benzene rings is 2. The van der Waals surface area contributed by atoms with Gasteiger partial charge in [-0.3, -0.25) is 4.79 Å². The van der Waals surface area contributed by atoms with Crippen LogP contribution in [-0.2, 0) is 0 Å². The highest BCUT2D eigenvalue weighted by Gasteiger charge is 2.14. The lowest BCUT2D eigenvalue weighted by molar-refractivity contribution is 0.0998. The first-order valence-electron chi connectivity index (χ1n) is 5.74. The Morgan fingerprint density at radius 1 is 1.05 bits per heavy atom. The van der Waals surface area contributed by atoms with Gasteiger partial charge < -0.3 is 16.2 Å². The second-order valence-electron chi connectivity index (χ2n) is 4.08. The minimum absolute atomic E-state index is 0.272. The molecule has 0 bridgehead atoms. The summed E-state index contributed by atoms with van der Waals surface area (Å²) in [5.74, 6) is 0.129. The number of aromatic nitrogens is 2. The van der Waals surface area contributed by atoms with Crippen LogP contribution < -0.4 is 16.2 Å². The van der Waals surface area contributed by atoms with E-state index in [0.717, 1.165) is 0 Å². The average Bonchev–Trinajstić information content (AvgIpc) is 2.93. The number of hydrogen-bond acceptors (Lipinski definition) is 6. The first-order chi connectivity index (χ1) is 9.66. The van der Waals surface area contributed by atoms with E-state index in [2.05, 4.69) is 14.9 Å². The van der Waals surface area contributed by atoms with Gasteiger partial charge in [0.15, 0.2) is 16.8 Å². The molecular formula is C13H10N4O3. The predicted molar refractivity (Wildman–Crippen MR) is 71.3 cm³/mol. The van der Waals surface area contributed by atoms with Crippen molar-refractivity contribution in [1.29, 1.82) is 0 Å². The van der Waals surface area contributed by atoms with Crippen molar-refractivity contribution >= 4 is 22.6 Å². The largest absolute Gasteiger partial charge is 0.454 e. The Hall–Kier alpha value is -3.09. The summed E-state index contributed by atoms with van der Waals surface area (Å²) >= 11 is 0. The molecule has 100 valence electrons. The van der Waals surface area contributed by atoms with Gasteiger partial charge in [-0.2, -0.15) is 0 Å². The Morgan fingerprint density at radius 2 is 1.80 bits per heavy atom. The highest BCUT2D eigenvalue weighted by molar-refractivity contribution is 5.96. The Balaban J connectivity index is 2.08. The quantitative estimate of drug-likeness (QED) is 0.699. The predicted octanol–water partition coefficient (Wildman–Crippen LogP) is 1.70. The number of carbonyl (C=O) groups excluding carboxylic acids is 1. The fourth-order valence-electron chi connectivity index (χ4n) is 1.82. The maximum Gasteiger partial charge on any atom is 0.252 e. The molecule has 7 nitrogen and oxygen atoms in total. The number of hydrogen-bond donors (Lipinski definition) is 2. The molecule has 0 spiro atoms. The summed E-state index contributed by atoms with van der Waals surface area (Å²) in [4.78, 5) is 11.4. The standard InChI is InChI=1S/C13H10N4O3/c14-8-5-6-10(12-11(8)16-20-17-12)19-9-4-2-1-3-7(9)13(15)18/h1-6H,14H2,(H2,15,18). The van der Waals surface area contributed by atoms with E-state index >= 15 is 0 Å². The Kier molecular flexibility index (Phi) is 2.72. The number of nitrogens with zero attached hydrogens (tertiary/aromatic N) is 2. The van der Waals surface area contributed by atoms with Crippen molar-refractivity contribution < 1.29 is 14.2 Å². The van der Waals surface area contributed by atoms with Gasteiger partial charge in [-0.1, -0.05) is 12.1 Å². The number of rotatable bonds is 3. The Labute approximate surface area is 113 Å². The van der Waals surface area contributed by atoms with E-state index in [0.29, 0.717) is 28.2 Å². The van der Waals surface area contributed by atoms with E-state index in [-0.39, 0.29) is 5.56 Å². The third kappa shape index (κ3) is 1.91. The van der Waals surface area contributed by atoms with Crippen LogP contribution in [0.1, 0.15) is 10.4 Å². The molecule has 0 saturated carbocycles. The van der Waals surface area contributed by atoms with Gasteiger partial charge in [0.25, 0.3) is 5.91 Å². The van der Waals surface area contributed by atoms with Crippen molar-refractivity contribution in [3.63, 3.8) is 0 Å². The molecule has 4 N–H and O–H groups in total. The van der Waals surface area contributed by atoms with Gasteiger partial charge in [0.1, 0.15) is 5.75 Å². The van der Waals surface area contributed by atoms with Crippen LogP contribution in [0.4, 0.5) is 5.69 Å². The molecule has 0 aliphatic rings. The van der Waals surface area contributed by atoms with E-state index < -0.39 is 5.91 Å². The molecule has 0 unspecified atom stereocenters. The zero-order chi connectivity index (χ0) is 14.1. The van der Waals surface area contributed by atoms with Crippen LogP contribution in [0.25, 0.3) is 11.0 Å². The minimum atomic E-state index is -0.578. The Morgan fingerprint density at radius 3 is 2.60 bits per heavy atom. The molecule has 3 aromatic rings. The molecule has 0 fully saturated rings. The highest BCUT2D eigenvalue weighted by atomic mass is 16.6. The van der Waals surface area contributed by atoms with Gasteiger partial charge in [-0.05, 0) is 34.6 Å². The molecular weight excluding hydrogens is 260 g/mol. The van der Waals surface area contributed by atoms with Crippen LogP contribution in [0.3, 0.4) is 0 Å². The Bertz CT molecular complexity index is 797. The summed E-state index contributed by atoms with van der Waals surface area (Å²) in [6.07, 6.45) is 0. The van der Waals surface area contributed by atoms with Gasteiger partial charge in [-0.25, -0.2) is 4.63 Å². The van der Waals surface area contributed by atoms with Gasteiger partial charge in [0.05, 0.1) is 11.3 Å². The van der Waals surface area contributed by atoms with E-state index in [1.165, 1.54) is 0 Å². The molecule has 0 radical (unpaired) electrons. The van der Waals surface area contributed by atoms with Crippen molar-refractivity contribution in [2.24, 2.45) is 5.73 Å². The van der Waals surface area contributed by atoms with Crippen molar-refractivity contribution in [2.45, 2.75) is 0 Å². The van der Waals surface area contributed by atoms with E-state index in [1.807, 2.05) is 0 Å². The maximum atomic E-state index is 11.4. The SMILES string of the molecule is NC(=O)c1ccccc1Oc1ccc(N)c2nonc12. The lowest BCUT2D eigenvalue weighted by atomic mass is 10.2. The van der Waals surface area contributed by atoms with E-state index in [9.17, 15) is 4.79 Å². The van der Waals surface area contributed by atoms with Crippen LogP contribution in [0, 0.1) is 0 Å². The summed E-state index contributed by atoms with van der Waals surface area (Å²) in [7, 11) is 0.